The Morgan fingerprint density at radius 1 is 0.935 bits per heavy atom. The zero-order chi connectivity index (χ0) is 22.7. The summed E-state index contributed by atoms with van der Waals surface area (Å²) in [6.45, 7) is 0. The van der Waals surface area contributed by atoms with Crippen LogP contribution in [-0.4, -0.2) is 62.4 Å². The van der Waals surface area contributed by atoms with Crippen LogP contribution in [0.2, 0.25) is 0 Å². The van der Waals surface area contributed by atoms with Crippen LogP contribution >= 0.6 is 0 Å². The Morgan fingerprint density at radius 3 is 2.03 bits per heavy atom. The normalized spacial score (nSPS) is 30.5. The first-order valence-electron chi connectivity index (χ1n) is 9.52. The Balaban J connectivity index is 0.00000132. The number of hydrogen-bond acceptors (Lipinski definition) is 10. The Labute approximate surface area is 188 Å². The molecule has 3 aliphatic rings. The second-order valence-corrected chi connectivity index (χ2v) is 7.20. The average Bonchev–Trinajstić information content (AvgIpc) is 3.43. The fourth-order valence-electron chi connectivity index (χ4n) is 4.44. The summed E-state index contributed by atoms with van der Waals surface area (Å²) in [5.74, 6) is -3.27. The van der Waals surface area contributed by atoms with Crippen LogP contribution in [0.5, 0.6) is 0 Å². The monoisotopic (exact) mass is 467 g/mol. The number of rotatable bonds is 6. The minimum absolute atomic E-state index is 0.111. The van der Waals surface area contributed by atoms with Crippen LogP contribution in [0.4, 0.5) is 5.69 Å². The first kappa shape index (κ1) is 23.3. The van der Waals surface area contributed by atoms with Gasteiger partial charge in [-0.25, -0.2) is 4.90 Å². The molecule has 6 unspecified atom stereocenters. The van der Waals surface area contributed by atoms with Gasteiger partial charge in [0.1, 0.15) is 18.3 Å². The molecule has 1 aromatic carbocycles. The number of para-hydroxylation sites is 1. The van der Waals surface area contributed by atoms with Crippen molar-refractivity contribution in [3.05, 3.63) is 30.3 Å². The van der Waals surface area contributed by atoms with Gasteiger partial charge >= 0.3 is 11.9 Å². The van der Waals surface area contributed by atoms with Crippen LogP contribution < -0.4 is 4.90 Å². The highest BCUT2D eigenvalue weighted by molar-refractivity contribution is 8.07. The number of fused-ring (bicyclic) bond motifs is 5. The summed E-state index contributed by atoms with van der Waals surface area (Å²) in [6.07, 6.45) is -3.23. The van der Waals surface area contributed by atoms with Crippen LogP contribution in [0.15, 0.2) is 30.3 Å². The van der Waals surface area contributed by atoms with Gasteiger partial charge < -0.3 is 18.9 Å². The first-order valence-corrected chi connectivity index (χ1v) is 10.9. The van der Waals surface area contributed by atoms with E-state index < -0.39 is 48.2 Å². The summed E-state index contributed by atoms with van der Waals surface area (Å²) in [4.78, 5) is 50.6. The van der Waals surface area contributed by atoms with Gasteiger partial charge in [0.15, 0.2) is 6.10 Å². The number of imide groups is 1. The largest absolute Gasteiger partial charge is 0.469 e. The third kappa shape index (κ3) is 4.10. The van der Waals surface area contributed by atoms with E-state index in [1.54, 1.807) is 30.3 Å². The van der Waals surface area contributed by atoms with Crippen molar-refractivity contribution in [1.29, 1.82) is 0 Å². The molecule has 9 nitrogen and oxygen atoms in total. The minimum Gasteiger partial charge on any atom is -0.469 e. The van der Waals surface area contributed by atoms with E-state index in [-0.39, 0.29) is 24.7 Å². The second-order valence-electron chi connectivity index (χ2n) is 7.20. The van der Waals surface area contributed by atoms with Crippen molar-refractivity contribution in [2.75, 3.05) is 19.1 Å². The number of benzene rings is 1. The molecule has 4 rings (SSSR count). The number of carbonyl (C=O) groups is 4. The van der Waals surface area contributed by atoms with E-state index in [0.29, 0.717) is 5.69 Å². The van der Waals surface area contributed by atoms with Crippen molar-refractivity contribution in [2.24, 2.45) is 11.8 Å². The van der Waals surface area contributed by atoms with Crippen LogP contribution in [-0.2, 0) is 60.5 Å². The second kappa shape index (κ2) is 9.86. The highest BCUT2D eigenvalue weighted by atomic mass is 32.8. The van der Waals surface area contributed by atoms with E-state index in [1.165, 1.54) is 19.1 Å². The molecule has 0 radical (unpaired) electrons. The fraction of sp³-hybridized carbons (Fsp3) is 0.500. The van der Waals surface area contributed by atoms with Gasteiger partial charge in [-0.15, -0.1) is 0 Å². The molecule has 3 aliphatic heterocycles. The number of nitrogens with zero attached hydrogens (tertiary/aromatic N) is 1. The molecule has 2 bridgehead atoms. The highest BCUT2D eigenvalue weighted by Crippen LogP contribution is 2.51. The molecule has 0 saturated carbocycles. The maximum Gasteiger partial charge on any atom is 0.306 e. The lowest BCUT2D eigenvalue weighted by Gasteiger charge is -2.31. The third-order valence-corrected chi connectivity index (χ3v) is 5.71. The SMILES string of the molecule is COC(=O)CCC(=O)OC1C(OC)C2OC1C1C(=O)N(c3ccccc3)C(=O)C21.S=S. The molecule has 0 spiro atoms. The summed E-state index contributed by atoms with van der Waals surface area (Å²) in [6, 6.07) is 8.68. The van der Waals surface area contributed by atoms with Crippen molar-refractivity contribution in [3.63, 3.8) is 0 Å². The van der Waals surface area contributed by atoms with Gasteiger partial charge in [-0.05, 0) is 12.1 Å². The van der Waals surface area contributed by atoms with Crippen molar-refractivity contribution in [3.8, 4) is 0 Å². The quantitative estimate of drug-likeness (QED) is 0.432. The molecule has 31 heavy (non-hydrogen) atoms. The molecule has 11 heteroatoms. The van der Waals surface area contributed by atoms with Crippen LogP contribution in [0.1, 0.15) is 12.8 Å². The summed E-state index contributed by atoms with van der Waals surface area (Å²) < 4.78 is 21.3. The predicted molar refractivity (Wildman–Crippen MR) is 111 cm³/mol. The Hall–Kier alpha value is -2.34. The topological polar surface area (TPSA) is 108 Å². The van der Waals surface area contributed by atoms with Gasteiger partial charge in [-0.2, -0.15) is 0 Å². The third-order valence-electron chi connectivity index (χ3n) is 5.71. The molecule has 3 saturated heterocycles. The van der Waals surface area contributed by atoms with Crippen LogP contribution in [0.3, 0.4) is 0 Å². The molecule has 3 fully saturated rings. The van der Waals surface area contributed by atoms with Gasteiger partial charge in [0.2, 0.25) is 11.8 Å². The molecular formula is C20H21NO8S2. The number of esters is 2. The fourth-order valence-corrected chi connectivity index (χ4v) is 4.44. The molecule has 2 amide bonds. The Bertz CT molecular complexity index is 866. The smallest absolute Gasteiger partial charge is 0.306 e. The molecular weight excluding hydrogens is 446 g/mol. The van der Waals surface area contributed by atoms with Crippen LogP contribution in [0.25, 0.3) is 0 Å². The van der Waals surface area contributed by atoms with E-state index in [4.69, 9.17) is 14.2 Å². The number of ether oxygens (including phenoxy) is 4. The molecule has 1 aromatic rings. The Kier molecular flexibility index (Phi) is 7.42. The molecule has 0 aromatic heterocycles. The standard InChI is InChI=1S/C20H21NO8.S2/c1-26-11(22)8-9-12(23)28-18-16-14-13(15(29-16)17(18)27-2)19(24)21(20(14)25)10-6-4-3-5-7-10;1-2/h3-7,13-18H,8-9H2,1-2H3;. The summed E-state index contributed by atoms with van der Waals surface area (Å²) in [5.41, 5.74) is 0.497. The van der Waals surface area contributed by atoms with Crippen molar-refractivity contribution >= 4 is 51.8 Å². The Morgan fingerprint density at radius 2 is 1.48 bits per heavy atom. The lowest BCUT2D eigenvalue weighted by atomic mass is 9.78. The van der Waals surface area contributed by atoms with Gasteiger partial charge in [0, 0.05) is 29.5 Å². The van der Waals surface area contributed by atoms with E-state index in [1.807, 2.05) is 0 Å². The highest BCUT2D eigenvalue weighted by Gasteiger charge is 2.70. The maximum atomic E-state index is 13.1. The molecule has 166 valence electrons. The van der Waals surface area contributed by atoms with Gasteiger partial charge in [-0.1, -0.05) is 18.2 Å². The van der Waals surface area contributed by atoms with Gasteiger partial charge in [0.05, 0.1) is 37.5 Å². The van der Waals surface area contributed by atoms with Crippen molar-refractivity contribution < 1.29 is 38.1 Å². The molecule has 6 atom stereocenters. The summed E-state index contributed by atoms with van der Waals surface area (Å²) in [7, 11) is 2.68. The van der Waals surface area contributed by atoms with E-state index in [9.17, 15) is 19.2 Å². The summed E-state index contributed by atoms with van der Waals surface area (Å²) in [5, 5.41) is 0. The minimum atomic E-state index is -0.830. The zero-order valence-corrected chi connectivity index (χ0v) is 18.4. The van der Waals surface area contributed by atoms with Crippen molar-refractivity contribution in [1.82, 2.24) is 0 Å². The molecule has 0 N–H and O–H groups in total. The lowest BCUT2D eigenvalue weighted by molar-refractivity contribution is -0.162. The zero-order valence-electron chi connectivity index (χ0n) is 16.8. The number of carbonyl (C=O) groups excluding carboxylic acids is 4. The number of anilines is 1. The van der Waals surface area contributed by atoms with E-state index >= 15 is 0 Å². The number of amides is 2. The lowest BCUT2D eigenvalue weighted by Crippen LogP contribution is -2.50. The number of hydrogen-bond donors (Lipinski definition) is 0. The average molecular weight is 468 g/mol. The maximum absolute atomic E-state index is 13.1. The summed E-state index contributed by atoms with van der Waals surface area (Å²) >= 11 is 7.33. The molecule has 0 aliphatic carbocycles. The first-order chi connectivity index (χ1) is 15.0. The van der Waals surface area contributed by atoms with Crippen molar-refractivity contribution in [2.45, 2.75) is 37.3 Å². The van der Waals surface area contributed by atoms with E-state index in [2.05, 4.69) is 27.1 Å². The molecule has 3 heterocycles. The number of methoxy groups -OCH3 is 2. The van der Waals surface area contributed by atoms with Gasteiger partial charge in [-0.3, -0.25) is 19.2 Å². The van der Waals surface area contributed by atoms with E-state index in [0.717, 1.165) is 0 Å². The van der Waals surface area contributed by atoms with Crippen LogP contribution in [0, 0.1) is 11.8 Å². The predicted octanol–water partition coefficient (Wildman–Crippen LogP) is 0.448. The van der Waals surface area contributed by atoms with Gasteiger partial charge in [0.25, 0.3) is 0 Å².